The van der Waals surface area contributed by atoms with Crippen LogP contribution in [0, 0.1) is 17.3 Å². The first-order valence-corrected chi connectivity index (χ1v) is 27.0. The number of fused-ring (bicyclic) bond motifs is 5. The van der Waals surface area contributed by atoms with Crippen LogP contribution in [-0.4, -0.2) is 58.5 Å². The molecule has 2 atom stereocenters. The Morgan fingerprint density at radius 1 is 0.779 bits per heavy atom. The molecule has 11 heteroatoms. The van der Waals surface area contributed by atoms with Gasteiger partial charge in [0.15, 0.2) is 0 Å². The highest BCUT2D eigenvalue weighted by atomic mass is 16.6. The lowest BCUT2D eigenvalue weighted by Crippen LogP contribution is -2.19. The van der Waals surface area contributed by atoms with E-state index in [2.05, 4.69) is 90.2 Å². The van der Waals surface area contributed by atoms with E-state index >= 15 is 0 Å². The van der Waals surface area contributed by atoms with E-state index in [1.165, 1.54) is 36.0 Å². The summed E-state index contributed by atoms with van der Waals surface area (Å²) >= 11 is 0. The molecular formula is C66H76N4O7. The molecule has 1 fully saturated rings. The van der Waals surface area contributed by atoms with Crippen molar-refractivity contribution in [3.05, 3.63) is 210 Å². The molecule has 0 spiro atoms. The smallest absolute Gasteiger partial charge is 0.333 e. The zero-order valence-electron chi connectivity index (χ0n) is 47.1. The van der Waals surface area contributed by atoms with E-state index in [-0.39, 0.29) is 49.1 Å². The Balaban J connectivity index is 0.947. The summed E-state index contributed by atoms with van der Waals surface area (Å²) in [5.41, 5.74) is 18.9. The average molecular weight is 1040 g/mol. The first kappa shape index (κ1) is 57.1. The zero-order valence-corrected chi connectivity index (χ0v) is 47.1. The summed E-state index contributed by atoms with van der Waals surface area (Å²) in [6.07, 6.45) is 38.1. The number of carboxylic acids is 1. The number of carbonyl (C=O) groups excluding carboxylic acids is 2. The van der Waals surface area contributed by atoms with Gasteiger partial charge in [0.1, 0.15) is 19.0 Å². The number of ether oxygens (including phenoxy) is 2. The van der Waals surface area contributed by atoms with E-state index in [0.717, 1.165) is 79.9 Å². The van der Waals surface area contributed by atoms with Crippen LogP contribution in [0.2, 0.25) is 0 Å². The molecule has 11 nitrogen and oxygen atoms in total. The summed E-state index contributed by atoms with van der Waals surface area (Å²) in [7, 11) is 0. The number of rotatable bonds is 18. The molecule has 3 N–H and O–H groups in total. The molecule has 1 saturated heterocycles. The molecule has 7 rings (SSSR count). The number of carboxylic acid groups (broad SMARTS) is 1. The topological polar surface area (TPSA) is 159 Å². The van der Waals surface area contributed by atoms with E-state index in [9.17, 15) is 24.6 Å². The van der Waals surface area contributed by atoms with Crippen LogP contribution in [0.3, 0.4) is 0 Å². The molecule has 2 aliphatic carbocycles. The molecule has 0 radical (unpaired) electrons. The lowest BCUT2D eigenvalue weighted by atomic mass is 9.72. The van der Waals surface area contributed by atoms with Crippen LogP contribution in [0.4, 0.5) is 0 Å². The zero-order chi connectivity index (χ0) is 55.7. The van der Waals surface area contributed by atoms with Crippen molar-refractivity contribution in [2.75, 3.05) is 13.2 Å². The molecule has 5 aliphatic heterocycles. The maximum Gasteiger partial charge on any atom is 0.333 e. The number of aliphatic hydroxyl groups is 1. The maximum atomic E-state index is 13.3. The van der Waals surface area contributed by atoms with E-state index in [1.54, 1.807) is 25.2 Å². The number of hydrogen-bond acceptors (Lipinski definition) is 10. The minimum atomic E-state index is -1.06. The number of nitrogens with one attached hydrogen (secondary N) is 1. The Labute approximate surface area is 456 Å². The predicted octanol–water partition coefficient (Wildman–Crippen LogP) is 14.7. The third-order valence-electron chi connectivity index (χ3n) is 15.4. The minimum Gasteiger partial charge on any atom is -0.511 e. The second kappa shape index (κ2) is 25.0. The summed E-state index contributed by atoms with van der Waals surface area (Å²) in [6.45, 7) is 24.7. The number of nitrogens with zero attached hydrogens (tertiary/aromatic N) is 3. The number of allylic oxidation sites excluding steroid dienone is 29. The number of aliphatic imine (C=N–C) groups is 3. The second-order valence-electron chi connectivity index (χ2n) is 21.5. The standard InChI is InChI=1S/C66H76N4O7/c1-13-48-44(7)54-37-58-49(27-30-60(72)73)45(8)53(68-58)36-55-46(9)50(63(69-55)51-35-59(71)62-47(10)56(70-64(51)62)38-57(48)67-54)28-31-61(74)76-33-34-77-65(75)43(6)24-17-23-40(3)20-15-14-19-39(2)21-16-22-41(4)26-29-52-42(5)25-18-32-66(52,11)12/h14-17,19-24,26-27,29-30,36-38,46,50,69,71H,13,18,25,28,31-35H2,1-12H3,(H,72,73)/b15-14+,21-16+,23-17+,29-26+,30-27+,39-19+,40-20+,41-22+,43-24+,55-36?,57-38?,58-37?,63-51?/t46-,50-/m0/s1. The van der Waals surface area contributed by atoms with Gasteiger partial charge in [0.05, 0.1) is 34.2 Å². The van der Waals surface area contributed by atoms with Gasteiger partial charge < -0.3 is 25.0 Å². The van der Waals surface area contributed by atoms with Crippen molar-refractivity contribution in [1.29, 1.82) is 0 Å². The summed E-state index contributed by atoms with van der Waals surface area (Å²) in [5, 5.41) is 24.8. The van der Waals surface area contributed by atoms with Crippen molar-refractivity contribution < 1.29 is 34.1 Å². The van der Waals surface area contributed by atoms with E-state index in [1.807, 2.05) is 70.2 Å². The molecule has 7 aliphatic rings. The van der Waals surface area contributed by atoms with Gasteiger partial charge in [0.2, 0.25) is 0 Å². The molecule has 8 bridgehead atoms. The van der Waals surface area contributed by atoms with Crippen LogP contribution in [0.25, 0.3) is 0 Å². The van der Waals surface area contributed by atoms with Gasteiger partial charge in [0, 0.05) is 64.4 Å². The van der Waals surface area contributed by atoms with Gasteiger partial charge in [-0.05, 0) is 145 Å². The molecule has 402 valence electrons. The number of hydrogen-bond donors (Lipinski definition) is 3. The molecule has 0 aromatic carbocycles. The number of aliphatic carboxylic acids is 1. The molecule has 5 heterocycles. The third-order valence-corrected chi connectivity index (χ3v) is 15.4. The Bertz CT molecular complexity index is 3210. The fraction of sp³-hybridized carbons (Fsp3) is 0.364. The van der Waals surface area contributed by atoms with Crippen LogP contribution >= 0.6 is 0 Å². The van der Waals surface area contributed by atoms with Crippen LogP contribution in [0.5, 0.6) is 0 Å². The van der Waals surface area contributed by atoms with Gasteiger partial charge in [-0.3, -0.25) is 4.79 Å². The number of carbonyl (C=O) groups is 3. The lowest BCUT2D eigenvalue weighted by molar-refractivity contribution is -0.150. The van der Waals surface area contributed by atoms with Crippen LogP contribution in [0.1, 0.15) is 128 Å². The molecular weight excluding hydrogens is 961 g/mol. The highest BCUT2D eigenvalue weighted by Crippen LogP contribution is 2.47. The Hall–Kier alpha value is -7.66. The van der Waals surface area contributed by atoms with Crippen molar-refractivity contribution in [2.24, 2.45) is 32.2 Å². The first-order chi connectivity index (χ1) is 36.7. The van der Waals surface area contributed by atoms with Crippen LogP contribution in [0.15, 0.2) is 225 Å². The molecule has 0 unspecified atom stereocenters. The predicted molar refractivity (Wildman–Crippen MR) is 312 cm³/mol. The molecule has 0 aromatic rings. The van der Waals surface area contributed by atoms with Gasteiger partial charge in [-0.15, -0.1) is 0 Å². The summed E-state index contributed by atoms with van der Waals surface area (Å²) in [5.74, 6) is -2.04. The van der Waals surface area contributed by atoms with Gasteiger partial charge in [0.25, 0.3) is 0 Å². The number of esters is 2. The van der Waals surface area contributed by atoms with Crippen molar-refractivity contribution in [1.82, 2.24) is 5.32 Å². The van der Waals surface area contributed by atoms with Crippen LogP contribution < -0.4 is 5.32 Å². The molecule has 77 heavy (non-hydrogen) atoms. The SMILES string of the molecule is CCC1=C(C)C2=NC1=CC1=C(C)C3=C(O)CC(=C4NC(=CC5=NC(=C2)C(/C=C/C(=O)O)=C5C)[C@@H](C)[C@@H]4CCC(=O)OCCOC(=O)/C(C)=C/C=C/C(C)=C/C=C/C=C(C)/C=C/C=C(C)/C=C/C2=C(C)CCCC2(C)C)C3=N1. The Morgan fingerprint density at radius 2 is 1.43 bits per heavy atom. The van der Waals surface area contributed by atoms with E-state index in [0.29, 0.717) is 40.4 Å². The fourth-order valence-electron chi connectivity index (χ4n) is 10.8. The van der Waals surface area contributed by atoms with E-state index in [4.69, 9.17) is 24.5 Å². The summed E-state index contributed by atoms with van der Waals surface area (Å²) < 4.78 is 11.0. The number of aliphatic hydroxyl groups excluding tert-OH is 1. The quantitative estimate of drug-likeness (QED) is 0.0530. The lowest BCUT2D eigenvalue weighted by Gasteiger charge is -2.32. The average Bonchev–Trinajstić information content (AvgIpc) is 4.13. The maximum absolute atomic E-state index is 13.3. The highest BCUT2D eigenvalue weighted by molar-refractivity contribution is 6.21. The largest absolute Gasteiger partial charge is 0.511 e. The van der Waals surface area contributed by atoms with Gasteiger partial charge >= 0.3 is 17.9 Å². The van der Waals surface area contributed by atoms with Gasteiger partial charge in [-0.1, -0.05) is 123 Å². The molecule has 0 aromatic heterocycles. The van der Waals surface area contributed by atoms with E-state index < -0.39 is 17.9 Å². The van der Waals surface area contributed by atoms with Gasteiger partial charge in [-0.2, -0.15) is 0 Å². The Kier molecular flexibility index (Phi) is 18.5. The highest BCUT2D eigenvalue weighted by Gasteiger charge is 2.41. The normalized spacial score (nSPS) is 22.2. The second-order valence-corrected chi connectivity index (χ2v) is 21.5. The Morgan fingerprint density at radius 3 is 2.12 bits per heavy atom. The molecule has 0 amide bonds. The third kappa shape index (κ3) is 13.7. The van der Waals surface area contributed by atoms with Gasteiger partial charge in [-0.25, -0.2) is 24.6 Å². The first-order valence-electron chi connectivity index (χ1n) is 27.0. The van der Waals surface area contributed by atoms with Crippen molar-refractivity contribution in [2.45, 2.75) is 128 Å². The van der Waals surface area contributed by atoms with Crippen LogP contribution in [-0.2, 0) is 23.9 Å². The minimum absolute atomic E-state index is 0.0885. The van der Waals surface area contributed by atoms with Crippen molar-refractivity contribution in [3.63, 3.8) is 0 Å². The fourth-order valence-corrected chi connectivity index (χ4v) is 10.8. The van der Waals surface area contributed by atoms with Crippen molar-refractivity contribution in [3.8, 4) is 0 Å². The molecule has 0 saturated carbocycles. The summed E-state index contributed by atoms with van der Waals surface area (Å²) in [4.78, 5) is 53.1. The van der Waals surface area contributed by atoms with Crippen molar-refractivity contribution >= 4 is 35.0 Å². The summed E-state index contributed by atoms with van der Waals surface area (Å²) in [6, 6.07) is 0. The monoisotopic (exact) mass is 1040 g/mol.